The van der Waals surface area contributed by atoms with Crippen LogP contribution in [0.25, 0.3) is 5.57 Å². The van der Waals surface area contributed by atoms with Gasteiger partial charge in [-0.3, -0.25) is 4.79 Å². The summed E-state index contributed by atoms with van der Waals surface area (Å²) in [5.41, 5.74) is 5.14. The number of aliphatic hydroxyl groups is 1. The standard InChI is InChI=1S/C18H22O3/c1-11-5-4-6-13-15(20)7-12-8-16(18(2,3)10-19)21-9-14(12)17(11)13/h4-6,16,19H,7-10H2,1-3H3/t16-/m1/s1. The van der Waals surface area contributed by atoms with Gasteiger partial charge in [0.05, 0.1) is 19.3 Å². The molecule has 1 aromatic rings. The smallest absolute Gasteiger partial charge is 0.167 e. The van der Waals surface area contributed by atoms with E-state index in [9.17, 15) is 9.90 Å². The monoisotopic (exact) mass is 286 g/mol. The van der Waals surface area contributed by atoms with Crippen LogP contribution in [-0.2, 0) is 4.74 Å². The highest BCUT2D eigenvalue weighted by Crippen LogP contribution is 2.42. The van der Waals surface area contributed by atoms with E-state index in [0.717, 1.165) is 23.1 Å². The lowest BCUT2D eigenvalue weighted by Gasteiger charge is -2.39. The maximum absolute atomic E-state index is 12.4. The Hall–Kier alpha value is -1.45. The fourth-order valence-electron chi connectivity index (χ4n) is 3.31. The van der Waals surface area contributed by atoms with Crippen LogP contribution in [0.5, 0.6) is 0 Å². The number of hydrogen-bond acceptors (Lipinski definition) is 3. The van der Waals surface area contributed by atoms with Gasteiger partial charge in [0.1, 0.15) is 0 Å². The molecule has 0 aromatic heterocycles. The summed E-state index contributed by atoms with van der Waals surface area (Å²) in [5.74, 6) is 0.204. The number of Topliss-reactive ketones (excluding diaryl/α,β-unsaturated/α-hetero) is 1. The SMILES string of the molecule is Cc1cccc2c1C1=C(CC2=O)C[C@H](C(C)(C)CO)OC1. The molecule has 1 aromatic carbocycles. The first kappa shape index (κ1) is 14.5. The van der Waals surface area contributed by atoms with Gasteiger partial charge in [-0.25, -0.2) is 0 Å². The van der Waals surface area contributed by atoms with Crippen molar-refractivity contribution in [2.24, 2.45) is 5.41 Å². The molecule has 0 fully saturated rings. The molecule has 1 heterocycles. The zero-order chi connectivity index (χ0) is 15.2. The van der Waals surface area contributed by atoms with Crippen molar-refractivity contribution in [2.75, 3.05) is 13.2 Å². The second kappa shape index (κ2) is 5.08. The predicted octanol–water partition coefficient (Wildman–Crippen LogP) is 3.14. The summed E-state index contributed by atoms with van der Waals surface area (Å²) in [7, 11) is 0. The van der Waals surface area contributed by atoms with Crippen LogP contribution in [0.3, 0.4) is 0 Å². The van der Waals surface area contributed by atoms with E-state index in [0.29, 0.717) is 13.0 Å². The molecule has 3 heteroatoms. The van der Waals surface area contributed by atoms with Crippen molar-refractivity contribution in [1.29, 1.82) is 0 Å². The Morgan fingerprint density at radius 2 is 2.14 bits per heavy atom. The lowest BCUT2D eigenvalue weighted by molar-refractivity contribution is -0.0412. The van der Waals surface area contributed by atoms with Gasteiger partial charge in [-0.05, 0) is 30.0 Å². The van der Waals surface area contributed by atoms with Gasteiger partial charge in [0.15, 0.2) is 5.78 Å². The number of aliphatic hydroxyl groups excluding tert-OH is 1. The van der Waals surface area contributed by atoms with Crippen LogP contribution in [0.15, 0.2) is 23.8 Å². The molecule has 1 atom stereocenters. The fraction of sp³-hybridized carbons (Fsp3) is 0.500. The summed E-state index contributed by atoms with van der Waals surface area (Å²) >= 11 is 0. The number of hydrogen-bond donors (Lipinski definition) is 1. The van der Waals surface area contributed by atoms with Gasteiger partial charge in [0, 0.05) is 17.4 Å². The van der Waals surface area contributed by atoms with E-state index in [1.807, 2.05) is 39.0 Å². The summed E-state index contributed by atoms with van der Waals surface area (Å²) in [4.78, 5) is 12.4. The van der Waals surface area contributed by atoms with E-state index in [1.165, 1.54) is 11.1 Å². The molecule has 0 radical (unpaired) electrons. The summed E-state index contributed by atoms with van der Waals surface area (Å²) in [6.45, 7) is 6.68. The predicted molar refractivity (Wildman–Crippen MR) is 82.3 cm³/mol. The highest BCUT2D eigenvalue weighted by Gasteiger charge is 2.37. The van der Waals surface area contributed by atoms with Crippen molar-refractivity contribution in [3.05, 3.63) is 40.5 Å². The van der Waals surface area contributed by atoms with Crippen molar-refractivity contribution < 1.29 is 14.6 Å². The van der Waals surface area contributed by atoms with E-state index >= 15 is 0 Å². The van der Waals surface area contributed by atoms with E-state index in [4.69, 9.17) is 4.74 Å². The first-order valence-corrected chi connectivity index (χ1v) is 7.50. The molecule has 1 N–H and O–H groups in total. The second-order valence-corrected chi connectivity index (χ2v) is 6.83. The molecule has 3 rings (SSSR count). The highest BCUT2D eigenvalue weighted by molar-refractivity contribution is 6.06. The van der Waals surface area contributed by atoms with Gasteiger partial charge >= 0.3 is 0 Å². The summed E-state index contributed by atoms with van der Waals surface area (Å²) in [6.07, 6.45) is 1.20. The molecule has 1 aliphatic heterocycles. The van der Waals surface area contributed by atoms with Crippen LogP contribution in [-0.4, -0.2) is 30.2 Å². The van der Waals surface area contributed by atoms with Crippen molar-refractivity contribution in [2.45, 2.75) is 39.7 Å². The number of carbonyl (C=O) groups excluding carboxylic acids is 1. The minimum Gasteiger partial charge on any atom is -0.396 e. The number of ketones is 1. The van der Waals surface area contributed by atoms with E-state index in [1.54, 1.807) is 0 Å². The third kappa shape index (κ3) is 2.34. The molecule has 112 valence electrons. The Morgan fingerprint density at radius 1 is 1.38 bits per heavy atom. The third-order valence-corrected chi connectivity index (χ3v) is 4.82. The number of rotatable bonds is 2. The largest absolute Gasteiger partial charge is 0.396 e. The normalized spacial score (nSPS) is 22.1. The third-order valence-electron chi connectivity index (χ3n) is 4.82. The zero-order valence-electron chi connectivity index (χ0n) is 12.9. The molecule has 3 nitrogen and oxygen atoms in total. The van der Waals surface area contributed by atoms with Gasteiger partial charge in [-0.1, -0.05) is 37.6 Å². The molecule has 2 aliphatic rings. The number of aryl methyl sites for hydroxylation is 1. The van der Waals surface area contributed by atoms with Crippen LogP contribution in [0.1, 0.15) is 48.2 Å². The molecule has 0 spiro atoms. The molecule has 0 amide bonds. The topological polar surface area (TPSA) is 46.5 Å². The molecule has 21 heavy (non-hydrogen) atoms. The van der Waals surface area contributed by atoms with Crippen LogP contribution in [0, 0.1) is 12.3 Å². The number of benzene rings is 1. The van der Waals surface area contributed by atoms with Crippen LogP contribution >= 0.6 is 0 Å². The molecule has 1 aliphatic carbocycles. The van der Waals surface area contributed by atoms with E-state index < -0.39 is 0 Å². The Balaban J connectivity index is 2.02. The van der Waals surface area contributed by atoms with Gasteiger partial charge in [0.2, 0.25) is 0 Å². The Bertz CT molecular complexity index is 625. The lowest BCUT2D eigenvalue weighted by atomic mass is 9.75. The Labute approximate surface area is 125 Å². The van der Waals surface area contributed by atoms with Crippen molar-refractivity contribution in [3.63, 3.8) is 0 Å². The summed E-state index contributed by atoms with van der Waals surface area (Å²) in [5, 5.41) is 9.53. The van der Waals surface area contributed by atoms with Gasteiger partial charge < -0.3 is 9.84 Å². The zero-order valence-corrected chi connectivity index (χ0v) is 12.9. The van der Waals surface area contributed by atoms with Crippen LogP contribution in [0.2, 0.25) is 0 Å². The minimum atomic E-state index is -0.284. The number of fused-ring (bicyclic) bond motifs is 2. The average molecular weight is 286 g/mol. The van der Waals surface area contributed by atoms with Crippen molar-refractivity contribution in [3.8, 4) is 0 Å². The molecular formula is C18H22O3. The van der Waals surface area contributed by atoms with Gasteiger partial charge in [-0.2, -0.15) is 0 Å². The summed E-state index contributed by atoms with van der Waals surface area (Å²) in [6, 6.07) is 5.91. The number of ether oxygens (including phenoxy) is 1. The molecule has 0 saturated heterocycles. The fourth-order valence-corrected chi connectivity index (χ4v) is 3.31. The maximum Gasteiger partial charge on any atom is 0.167 e. The Kier molecular flexibility index (Phi) is 3.50. The van der Waals surface area contributed by atoms with Gasteiger partial charge in [0.25, 0.3) is 0 Å². The maximum atomic E-state index is 12.4. The van der Waals surface area contributed by atoms with Crippen LogP contribution in [0.4, 0.5) is 0 Å². The Morgan fingerprint density at radius 3 is 2.86 bits per heavy atom. The summed E-state index contributed by atoms with van der Waals surface area (Å²) < 4.78 is 6.02. The van der Waals surface area contributed by atoms with Crippen molar-refractivity contribution in [1.82, 2.24) is 0 Å². The first-order chi connectivity index (χ1) is 9.94. The number of carbonyl (C=O) groups is 1. The highest BCUT2D eigenvalue weighted by atomic mass is 16.5. The first-order valence-electron chi connectivity index (χ1n) is 7.50. The average Bonchev–Trinajstić information content (AvgIpc) is 2.47. The van der Waals surface area contributed by atoms with Crippen molar-refractivity contribution >= 4 is 11.4 Å². The molecule has 0 unspecified atom stereocenters. The van der Waals surface area contributed by atoms with Crippen LogP contribution < -0.4 is 0 Å². The quantitative estimate of drug-likeness (QED) is 0.908. The van der Waals surface area contributed by atoms with E-state index in [2.05, 4.69) is 0 Å². The van der Waals surface area contributed by atoms with Gasteiger partial charge in [-0.15, -0.1) is 0 Å². The molecule has 0 bridgehead atoms. The molecule has 0 saturated carbocycles. The lowest BCUT2D eigenvalue weighted by Crippen LogP contribution is -2.39. The minimum absolute atomic E-state index is 0.0281. The molecular weight excluding hydrogens is 264 g/mol. The second-order valence-electron chi connectivity index (χ2n) is 6.83. The van der Waals surface area contributed by atoms with E-state index in [-0.39, 0.29) is 23.9 Å².